The third-order valence-corrected chi connectivity index (χ3v) is 2.46. The molecule has 0 heterocycles. The second-order valence-corrected chi connectivity index (χ2v) is 4.12. The summed E-state index contributed by atoms with van der Waals surface area (Å²) >= 11 is 0. The smallest absolute Gasteiger partial charge is 0.257 e. The van der Waals surface area contributed by atoms with Crippen LogP contribution < -0.4 is 0 Å². The topological polar surface area (TPSA) is 81.1 Å². The summed E-state index contributed by atoms with van der Waals surface area (Å²) in [5.74, 6) is -1.61. The molecular weight excluding hydrogens is 236 g/mol. The average molecular weight is 252 g/mol. The standard InChI is InChI=1S/C12H16N2O4/c1-13(2)10(16)7-14(3)12(18)8-5-4-6-9(15)11(8)17/h4-6,15,17H,7H2,1-3H3. The molecule has 0 fully saturated rings. The van der Waals surface area contributed by atoms with Gasteiger partial charge in [-0.3, -0.25) is 9.59 Å². The summed E-state index contributed by atoms with van der Waals surface area (Å²) in [7, 11) is 4.63. The minimum absolute atomic E-state index is 0.0379. The van der Waals surface area contributed by atoms with E-state index < -0.39 is 11.7 Å². The Bertz CT molecular complexity index is 471. The van der Waals surface area contributed by atoms with Crippen LogP contribution in [-0.4, -0.2) is 59.5 Å². The van der Waals surface area contributed by atoms with E-state index >= 15 is 0 Å². The second kappa shape index (κ2) is 5.39. The van der Waals surface area contributed by atoms with Gasteiger partial charge in [0.25, 0.3) is 5.91 Å². The van der Waals surface area contributed by atoms with Crippen LogP contribution in [0.1, 0.15) is 10.4 Å². The van der Waals surface area contributed by atoms with Crippen molar-refractivity contribution >= 4 is 11.8 Å². The number of carbonyl (C=O) groups is 2. The monoisotopic (exact) mass is 252 g/mol. The normalized spacial score (nSPS) is 9.94. The van der Waals surface area contributed by atoms with Crippen LogP contribution in [0.3, 0.4) is 0 Å². The number of benzene rings is 1. The number of phenolic OH excluding ortho intramolecular Hbond substituents is 2. The van der Waals surface area contributed by atoms with Gasteiger partial charge in [-0.1, -0.05) is 6.07 Å². The summed E-state index contributed by atoms with van der Waals surface area (Å²) in [6.45, 7) is -0.0963. The molecule has 0 atom stereocenters. The van der Waals surface area contributed by atoms with Crippen LogP contribution in [0.5, 0.6) is 11.5 Å². The number of hydrogen-bond donors (Lipinski definition) is 2. The van der Waals surface area contributed by atoms with Gasteiger partial charge >= 0.3 is 0 Å². The zero-order valence-corrected chi connectivity index (χ0v) is 10.5. The van der Waals surface area contributed by atoms with Crippen LogP contribution in [0, 0.1) is 0 Å². The molecule has 0 aliphatic rings. The van der Waals surface area contributed by atoms with Gasteiger partial charge in [0.05, 0.1) is 12.1 Å². The first kappa shape index (κ1) is 13.8. The van der Waals surface area contributed by atoms with Gasteiger partial charge in [-0.05, 0) is 12.1 Å². The maximum Gasteiger partial charge on any atom is 0.257 e. The molecule has 18 heavy (non-hydrogen) atoms. The Balaban J connectivity index is 2.87. The third-order valence-electron chi connectivity index (χ3n) is 2.46. The number of carbonyl (C=O) groups excluding carboxylic acids is 2. The van der Waals surface area contributed by atoms with Crippen molar-refractivity contribution in [2.24, 2.45) is 0 Å². The maximum atomic E-state index is 12.0. The largest absolute Gasteiger partial charge is 0.504 e. The fraction of sp³-hybridized carbons (Fsp3) is 0.333. The molecule has 0 saturated carbocycles. The Morgan fingerprint density at radius 1 is 1.17 bits per heavy atom. The quantitative estimate of drug-likeness (QED) is 0.756. The van der Waals surface area contributed by atoms with E-state index in [-0.39, 0.29) is 23.8 Å². The fourth-order valence-electron chi connectivity index (χ4n) is 1.33. The van der Waals surface area contributed by atoms with Crippen LogP contribution >= 0.6 is 0 Å². The Morgan fingerprint density at radius 3 is 2.33 bits per heavy atom. The van der Waals surface area contributed by atoms with E-state index in [1.165, 1.54) is 35.0 Å². The van der Waals surface area contributed by atoms with E-state index in [4.69, 9.17) is 0 Å². The minimum atomic E-state index is -0.529. The molecule has 0 aliphatic carbocycles. The van der Waals surface area contributed by atoms with Crippen molar-refractivity contribution in [2.45, 2.75) is 0 Å². The lowest BCUT2D eigenvalue weighted by atomic mass is 10.1. The van der Waals surface area contributed by atoms with E-state index in [1.54, 1.807) is 14.1 Å². The molecule has 1 aromatic rings. The lowest BCUT2D eigenvalue weighted by Crippen LogP contribution is -2.37. The molecule has 0 aliphatic heterocycles. The molecule has 2 N–H and O–H groups in total. The van der Waals surface area contributed by atoms with Crippen molar-refractivity contribution in [2.75, 3.05) is 27.7 Å². The van der Waals surface area contributed by atoms with Crippen molar-refractivity contribution in [3.8, 4) is 11.5 Å². The van der Waals surface area contributed by atoms with Crippen molar-refractivity contribution < 1.29 is 19.8 Å². The number of aromatic hydroxyl groups is 2. The van der Waals surface area contributed by atoms with E-state index in [2.05, 4.69) is 0 Å². The number of amides is 2. The number of phenols is 2. The molecule has 0 unspecified atom stereocenters. The lowest BCUT2D eigenvalue weighted by molar-refractivity contribution is -0.129. The molecule has 0 bridgehead atoms. The van der Waals surface area contributed by atoms with Crippen molar-refractivity contribution in [3.05, 3.63) is 23.8 Å². The van der Waals surface area contributed by atoms with Crippen LogP contribution in [0.15, 0.2) is 18.2 Å². The molecule has 0 aromatic heterocycles. The Hall–Kier alpha value is -2.24. The zero-order chi connectivity index (χ0) is 13.9. The molecule has 0 radical (unpaired) electrons. The van der Waals surface area contributed by atoms with Gasteiger partial charge in [0.1, 0.15) is 0 Å². The third kappa shape index (κ3) is 2.91. The molecule has 6 nitrogen and oxygen atoms in total. The number of likely N-dealkylation sites (N-methyl/N-ethyl adjacent to an activating group) is 2. The van der Waals surface area contributed by atoms with Crippen molar-refractivity contribution in [1.82, 2.24) is 9.80 Å². The van der Waals surface area contributed by atoms with Crippen molar-refractivity contribution in [1.29, 1.82) is 0 Å². The van der Waals surface area contributed by atoms with E-state index in [9.17, 15) is 19.8 Å². The van der Waals surface area contributed by atoms with E-state index in [0.717, 1.165) is 0 Å². The van der Waals surface area contributed by atoms with Crippen LogP contribution in [0.25, 0.3) is 0 Å². The highest BCUT2D eigenvalue weighted by Crippen LogP contribution is 2.28. The predicted octanol–water partition coefficient (Wildman–Crippen LogP) is 0.258. The number of nitrogens with zero attached hydrogens (tertiary/aromatic N) is 2. The van der Waals surface area contributed by atoms with Crippen LogP contribution in [0.2, 0.25) is 0 Å². The van der Waals surface area contributed by atoms with Gasteiger partial charge in [0.2, 0.25) is 5.91 Å². The summed E-state index contributed by atoms with van der Waals surface area (Å²) in [5, 5.41) is 18.9. The highest BCUT2D eigenvalue weighted by molar-refractivity contribution is 5.99. The van der Waals surface area contributed by atoms with Crippen molar-refractivity contribution in [3.63, 3.8) is 0 Å². The fourth-order valence-corrected chi connectivity index (χ4v) is 1.33. The van der Waals surface area contributed by atoms with E-state index in [0.29, 0.717) is 0 Å². The highest BCUT2D eigenvalue weighted by Gasteiger charge is 2.20. The first-order chi connectivity index (χ1) is 8.34. The van der Waals surface area contributed by atoms with Crippen LogP contribution in [-0.2, 0) is 4.79 Å². The zero-order valence-electron chi connectivity index (χ0n) is 10.5. The Morgan fingerprint density at radius 2 is 1.78 bits per heavy atom. The predicted molar refractivity (Wildman–Crippen MR) is 65.4 cm³/mol. The van der Waals surface area contributed by atoms with Gasteiger partial charge in [-0.25, -0.2) is 0 Å². The number of hydrogen-bond acceptors (Lipinski definition) is 4. The Labute approximate surface area is 105 Å². The molecular formula is C12H16N2O4. The molecule has 0 saturated heterocycles. The van der Waals surface area contributed by atoms with Gasteiger partial charge < -0.3 is 20.0 Å². The maximum absolute atomic E-state index is 12.0. The lowest BCUT2D eigenvalue weighted by Gasteiger charge is -2.19. The second-order valence-electron chi connectivity index (χ2n) is 4.12. The molecule has 1 aromatic carbocycles. The van der Waals surface area contributed by atoms with Gasteiger partial charge in [0.15, 0.2) is 11.5 Å². The SMILES string of the molecule is CN(C)C(=O)CN(C)C(=O)c1cccc(O)c1O. The number of rotatable bonds is 3. The summed E-state index contributed by atoms with van der Waals surface area (Å²) in [4.78, 5) is 26.0. The first-order valence-electron chi connectivity index (χ1n) is 5.31. The molecule has 0 spiro atoms. The summed E-state index contributed by atoms with van der Waals surface area (Å²) < 4.78 is 0. The summed E-state index contributed by atoms with van der Waals surface area (Å²) in [6.07, 6.45) is 0. The summed E-state index contributed by atoms with van der Waals surface area (Å²) in [5.41, 5.74) is -0.0379. The Kier molecular flexibility index (Phi) is 4.14. The highest BCUT2D eigenvalue weighted by atomic mass is 16.3. The van der Waals surface area contributed by atoms with Gasteiger partial charge in [-0.2, -0.15) is 0 Å². The molecule has 1 rings (SSSR count). The van der Waals surface area contributed by atoms with Crippen LogP contribution in [0.4, 0.5) is 0 Å². The molecule has 98 valence electrons. The number of para-hydroxylation sites is 1. The van der Waals surface area contributed by atoms with E-state index in [1.807, 2.05) is 0 Å². The molecule has 6 heteroatoms. The minimum Gasteiger partial charge on any atom is -0.504 e. The average Bonchev–Trinajstić information content (AvgIpc) is 2.31. The van der Waals surface area contributed by atoms with Gasteiger partial charge in [0, 0.05) is 21.1 Å². The van der Waals surface area contributed by atoms with Gasteiger partial charge in [-0.15, -0.1) is 0 Å². The first-order valence-corrected chi connectivity index (χ1v) is 5.31. The summed E-state index contributed by atoms with van der Waals surface area (Å²) in [6, 6.07) is 4.11. The molecule has 2 amide bonds.